The van der Waals surface area contributed by atoms with Crippen LogP contribution in [0.25, 0.3) is 0 Å². The first kappa shape index (κ1) is 25.2. The summed E-state index contributed by atoms with van der Waals surface area (Å²) < 4.78 is 0. The molecule has 3 heteroatoms. The first-order valence-corrected chi connectivity index (χ1v) is 12.8. The summed E-state index contributed by atoms with van der Waals surface area (Å²) in [4.78, 5) is 5.14. The summed E-state index contributed by atoms with van der Waals surface area (Å²) in [6, 6.07) is 0. The second-order valence-electron chi connectivity index (χ2n) is 8.75. The lowest BCUT2D eigenvalue weighted by Gasteiger charge is -2.27. The molecule has 162 valence electrons. The van der Waals surface area contributed by atoms with E-state index in [1.165, 1.54) is 116 Å². The van der Waals surface area contributed by atoms with Crippen LogP contribution in [0.4, 0.5) is 0 Å². The van der Waals surface area contributed by atoms with Crippen LogP contribution in [-0.4, -0.2) is 41.1 Å². The Morgan fingerprint density at radius 1 is 0.630 bits per heavy atom. The van der Waals surface area contributed by atoms with Gasteiger partial charge in [0.25, 0.3) is 0 Å². The summed E-state index contributed by atoms with van der Waals surface area (Å²) >= 11 is 6.66. The van der Waals surface area contributed by atoms with E-state index in [4.69, 9.17) is 11.6 Å². The predicted molar refractivity (Wildman–Crippen MR) is 123 cm³/mol. The lowest BCUT2D eigenvalue weighted by Crippen LogP contribution is -2.38. The standard InChI is InChI=1S/C24H49ClN2/c1-4-6-8-10-12-14-16-18-20-26-22-24(25)27(23(26)3)21-19-17-15-13-11-9-7-5-2/h23-24H,4-22H2,1-3H3. The highest BCUT2D eigenvalue weighted by Gasteiger charge is 2.34. The highest BCUT2D eigenvalue weighted by atomic mass is 35.5. The minimum absolute atomic E-state index is 0.221. The van der Waals surface area contributed by atoms with Gasteiger partial charge in [-0.25, -0.2) is 0 Å². The van der Waals surface area contributed by atoms with Crippen molar-refractivity contribution in [1.82, 2.24) is 9.80 Å². The van der Waals surface area contributed by atoms with E-state index in [0.717, 1.165) is 6.54 Å². The number of halogens is 1. The van der Waals surface area contributed by atoms with Gasteiger partial charge >= 0.3 is 0 Å². The first-order valence-electron chi connectivity index (χ1n) is 12.3. The second-order valence-corrected chi connectivity index (χ2v) is 9.25. The third-order valence-electron chi connectivity index (χ3n) is 6.32. The van der Waals surface area contributed by atoms with Gasteiger partial charge in [0.1, 0.15) is 0 Å². The summed E-state index contributed by atoms with van der Waals surface area (Å²) in [5.74, 6) is 0. The number of rotatable bonds is 18. The van der Waals surface area contributed by atoms with E-state index in [9.17, 15) is 0 Å². The Balaban J connectivity index is 2.03. The number of unbranched alkanes of at least 4 members (excludes halogenated alkanes) is 14. The fraction of sp³-hybridized carbons (Fsp3) is 1.00. The van der Waals surface area contributed by atoms with E-state index in [1.54, 1.807) is 0 Å². The normalized spacial score (nSPS) is 21.3. The molecule has 2 atom stereocenters. The molecular weight excluding hydrogens is 352 g/mol. The Bertz CT molecular complexity index is 324. The predicted octanol–water partition coefficient (Wildman–Crippen LogP) is 7.80. The van der Waals surface area contributed by atoms with E-state index < -0.39 is 0 Å². The average molecular weight is 401 g/mol. The molecule has 1 aliphatic heterocycles. The second kappa shape index (κ2) is 17.1. The van der Waals surface area contributed by atoms with E-state index in [2.05, 4.69) is 30.6 Å². The molecular formula is C24H49ClN2. The van der Waals surface area contributed by atoms with Gasteiger partial charge in [0.05, 0.1) is 11.7 Å². The summed E-state index contributed by atoms with van der Waals surface area (Å²) in [5.41, 5.74) is 0.221. The fourth-order valence-corrected chi connectivity index (χ4v) is 4.81. The Morgan fingerprint density at radius 3 is 1.52 bits per heavy atom. The maximum Gasteiger partial charge on any atom is 0.0991 e. The van der Waals surface area contributed by atoms with Crippen molar-refractivity contribution in [1.29, 1.82) is 0 Å². The van der Waals surface area contributed by atoms with Crippen molar-refractivity contribution in [3.63, 3.8) is 0 Å². The number of hydrogen-bond acceptors (Lipinski definition) is 2. The number of nitrogens with zero attached hydrogens (tertiary/aromatic N) is 2. The fourth-order valence-electron chi connectivity index (χ4n) is 4.38. The Hall–Kier alpha value is 0.210. The molecule has 2 unspecified atom stereocenters. The van der Waals surface area contributed by atoms with Crippen LogP contribution in [-0.2, 0) is 0 Å². The maximum absolute atomic E-state index is 6.66. The molecule has 0 bridgehead atoms. The van der Waals surface area contributed by atoms with Crippen LogP contribution in [0.1, 0.15) is 124 Å². The van der Waals surface area contributed by atoms with Crippen LogP contribution in [0.2, 0.25) is 0 Å². The van der Waals surface area contributed by atoms with Crippen molar-refractivity contribution in [2.75, 3.05) is 19.6 Å². The van der Waals surface area contributed by atoms with Gasteiger partial charge in [-0.1, -0.05) is 104 Å². The third-order valence-corrected chi connectivity index (χ3v) is 6.71. The van der Waals surface area contributed by atoms with Crippen molar-refractivity contribution in [2.24, 2.45) is 0 Å². The van der Waals surface area contributed by atoms with Crippen LogP contribution in [0.15, 0.2) is 0 Å². The topological polar surface area (TPSA) is 6.48 Å². The lowest BCUT2D eigenvalue weighted by atomic mass is 10.1. The molecule has 0 saturated carbocycles. The summed E-state index contributed by atoms with van der Waals surface area (Å²) in [5, 5.41) is 0. The summed E-state index contributed by atoms with van der Waals surface area (Å²) in [6.45, 7) is 10.4. The van der Waals surface area contributed by atoms with Gasteiger partial charge in [-0.3, -0.25) is 9.80 Å². The Labute approximate surface area is 176 Å². The van der Waals surface area contributed by atoms with Crippen molar-refractivity contribution in [3.05, 3.63) is 0 Å². The van der Waals surface area contributed by atoms with Gasteiger partial charge in [0, 0.05) is 13.1 Å². The average Bonchev–Trinajstić information content (AvgIpc) is 2.93. The highest BCUT2D eigenvalue weighted by Crippen LogP contribution is 2.24. The molecule has 0 aliphatic carbocycles. The van der Waals surface area contributed by atoms with E-state index >= 15 is 0 Å². The quantitative estimate of drug-likeness (QED) is 0.131. The van der Waals surface area contributed by atoms with Gasteiger partial charge in [-0.2, -0.15) is 0 Å². The van der Waals surface area contributed by atoms with Crippen molar-refractivity contribution >= 4 is 11.6 Å². The third kappa shape index (κ3) is 11.7. The smallest absolute Gasteiger partial charge is 0.0991 e. The minimum Gasteiger partial charge on any atom is -0.285 e. The SMILES string of the molecule is CCCCCCCCCCN1CC(Cl)N(CCCCCCCCCC)C1C. The van der Waals surface area contributed by atoms with E-state index in [-0.39, 0.29) is 5.50 Å². The Morgan fingerprint density at radius 2 is 1.04 bits per heavy atom. The van der Waals surface area contributed by atoms with Crippen LogP contribution in [0, 0.1) is 0 Å². The molecule has 0 aromatic heterocycles. The molecule has 1 fully saturated rings. The van der Waals surface area contributed by atoms with Crippen LogP contribution in [0.5, 0.6) is 0 Å². The zero-order chi connectivity index (χ0) is 19.7. The first-order chi connectivity index (χ1) is 13.2. The molecule has 1 saturated heterocycles. The molecule has 0 aromatic carbocycles. The lowest BCUT2D eigenvalue weighted by molar-refractivity contribution is 0.144. The van der Waals surface area contributed by atoms with E-state index in [0.29, 0.717) is 6.17 Å². The van der Waals surface area contributed by atoms with Gasteiger partial charge in [-0.05, 0) is 26.3 Å². The van der Waals surface area contributed by atoms with Crippen molar-refractivity contribution in [3.8, 4) is 0 Å². The molecule has 1 rings (SSSR count). The summed E-state index contributed by atoms with van der Waals surface area (Å²) in [7, 11) is 0. The monoisotopic (exact) mass is 400 g/mol. The molecule has 2 nitrogen and oxygen atoms in total. The maximum atomic E-state index is 6.66. The van der Waals surface area contributed by atoms with Crippen molar-refractivity contribution < 1.29 is 0 Å². The summed E-state index contributed by atoms with van der Waals surface area (Å²) in [6.07, 6.45) is 22.9. The molecule has 0 amide bonds. The molecule has 0 N–H and O–H groups in total. The zero-order valence-corrected chi connectivity index (χ0v) is 19.6. The Kier molecular flexibility index (Phi) is 16.0. The number of hydrogen-bond donors (Lipinski definition) is 0. The molecule has 1 heterocycles. The van der Waals surface area contributed by atoms with Gasteiger partial charge < -0.3 is 0 Å². The van der Waals surface area contributed by atoms with Gasteiger partial charge in [0.15, 0.2) is 0 Å². The van der Waals surface area contributed by atoms with Crippen LogP contribution < -0.4 is 0 Å². The molecule has 27 heavy (non-hydrogen) atoms. The van der Waals surface area contributed by atoms with Crippen molar-refractivity contribution in [2.45, 2.75) is 135 Å². The molecule has 0 aromatic rings. The number of alkyl halides is 1. The van der Waals surface area contributed by atoms with E-state index in [1.807, 2.05) is 0 Å². The minimum atomic E-state index is 0.221. The zero-order valence-electron chi connectivity index (χ0n) is 18.9. The van der Waals surface area contributed by atoms with Gasteiger partial charge in [0.2, 0.25) is 0 Å². The van der Waals surface area contributed by atoms with Crippen LogP contribution >= 0.6 is 11.6 Å². The molecule has 0 spiro atoms. The van der Waals surface area contributed by atoms with Gasteiger partial charge in [-0.15, -0.1) is 11.6 Å². The highest BCUT2D eigenvalue weighted by molar-refractivity contribution is 6.20. The molecule has 1 aliphatic rings. The van der Waals surface area contributed by atoms with Crippen LogP contribution in [0.3, 0.4) is 0 Å². The largest absolute Gasteiger partial charge is 0.285 e. The molecule has 0 radical (unpaired) electrons.